The molecule has 0 aliphatic rings. The van der Waals surface area contributed by atoms with Crippen molar-refractivity contribution in [2.45, 2.75) is 18.7 Å². The van der Waals surface area contributed by atoms with Gasteiger partial charge in [-0.3, -0.25) is 4.79 Å². The molecule has 20 heavy (non-hydrogen) atoms. The van der Waals surface area contributed by atoms with Crippen LogP contribution in [0.15, 0.2) is 28.7 Å². The van der Waals surface area contributed by atoms with E-state index in [-0.39, 0.29) is 0 Å². The standard InChI is InChI=1S/C13H15N3O3S/c1-8-2-4-9(5-3-8)12-16-15-11(19-12)7-20-6-10(14)13(17)18/h2-5,10H,6-7,14H2,1H3,(H,17,18). The van der Waals surface area contributed by atoms with Crippen LogP contribution in [-0.2, 0) is 10.5 Å². The maximum Gasteiger partial charge on any atom is 0.321 e. The number of nitrogens with zero attached hydrogens (tertiary/aromatic N) is 2. The van der Waals surface area contributed by atoms with Crippen molar-refractivity contribution in [1.82, 2.24) is 10.2 Å². The van der Waals surface area contributed by atoms with E-state index in [0.717, 1.165) is 11.1 Å². The summed E-state index contributed by atoms with van der Waals surface area (Å²) < 4.78 is 5.52. The van der Waals surface area contributed by atoms with Crippen molar-refractivity contribution < 1.29 is 14.3 Å². The molecule has 0 aliphatic heterocycles. The van der Waals surface area contributed by atoms with Crippen molar-refractivity contribution in [2.24, 2.45) is 5.73 Å². The predicted molar refractivity (Wildman–Crippen MR) is 76.2 cm³/mol. The summed E-state index contributed by atoms with van der Waals surface area (Å²) in [5.41, 5.74) is 7.43. The van der Waals surface area contributed by atoms with Gasteiger partial charge in [0.05, 0.1) is 5.75 Å². The molecule has 0 spiro atoms. The Balaban J connectivity index is 1.92. The first-order chi connectivity index (χ1) is 9.56. The van der Waals surface area contributed by atoms with Crippen molar-refractivity contribution in [3.8, 4) is 11.5 Å². The highest BCUT2D eigenvalue weighted by atomic mass is 32.2. The lowest BCUT2D eigenvalue weighted by atomic mass is 10.1. The molecule has 0 amide bonds. The number of aromatic nitrogens is 2. The number of carboxylic acid groups (broad SMARTS) is 1. The van der Waals surface area contributed by atoms with Gasteiger partial charge in [0, 0.05) is 11.3 Å². The molecular weight excluding hydrogens is 278 g/mol. The van der Waals surface area contributed by atoms with E-state index >= 15 is 0 Å². The Morgan fingerprint density at radius 2 is 2.10 bits per heavy atom. The van der Waals surface area contributed by atoms with Crippen LogP contribution in [0.1, 0.15) is 11.5 Å². The molecule has 6 nitrogen and oxygen atoms in total. The second-order valence-corrected chi connectivity index (χ2v) is 5.36. The van der Waals surface area contributed by atoms with E-state index < -0.39 is 12.0 Å². The monoisotopic (exact) mass is 293 g/mol. The molecule has 0 bridgehead atoms. The van der Waals surface area contributed by atoms with Crippen LogP contribution in [0.2, 0.25) is 0 Å². The van der Waals surface area contributed by atoms with Crippen LogP contribution in [0.25, 0.3) is 11.5 Å². The van der Waals surface area contributed by atoms with Gasteiger partial charge in [-0.2, -0.15) is 0 Å². The summed E-state index contributed by atoms with van der Waals surface area (Å²) >= 11 is 1.35. The predicted octanol–water partition coefficient (Wildman–Crippen LogP) is 1.69. The third-order valence-electron chi connectivity index (χ3n) is 2.61. The SMILES string of the molecule is Cc1ccc(-c2nnc(CSCC(N)C(=O)O)o2)cc1. The fraction of sp³-hybridized carbons (Fsp3) is 0.308. The molecule has 106 valence electrons. The Labute approximate surface area is 120 Å². The molecule has 1 atom stereocenters. The molecule has 7 heteroatoms. The zero-order chi connectivity index (χ0) is 14.5. The highest BCUT2D eigenvalue weighted by Gasteiger charge is 2.13. The zero-order valence-corrected chi connectivity index (χ0v) is 11.8. The Morgan fingerprint density at radius 3 is 2.75 bits per heavy atom. The van der Waals surface area contributed by atoms with Gasteiger partial charge in [0.15, 0.2) is 0 Å². The van der Waals surface area contributed by atoms with E-state index in [1.165, 1.54) is 11.8 Å². The normalized spacial score (nSPS) is 12.3. The van der Waals surface area contributed by atoms with E-state index in [0.29, 0.717) is 23.3 Å². The van der Waals surface area contributed by atoms with Gasteiger partial charge in [0.2, 0.25) is 11.8 Å². The van der Waals surface area contributed by atoms with Gasteiger partial charge in [-0.15, -0.1) is 22.0 Å². The fourth-order valence-corrected chi connectivity index (χ4v) is 2.27. The average molecular weight is 293 g/mol. The van der Waals surface area contributed by atoms with E-state index in [2.05, 4.69) is 10.2 Å². The summed E-state index contributed by atoms with van der Waals surface area (Å²) in [4.78, 5) is 10.6. The third kappa shape index (κ3) is 3.82. The minimum Gasteiger partial charge on any atom is -0.480 e. The molecule has 0 fully saturated rings. The summed E-state index contributed by atoms with van der Waals surface area (Å²) in [6, 6.07) is 6.90. The van der Waals surface area contributed by atoms with Gasteiger partial charge in [-0.05, 0) is 19.1 Å². The molecule has 3 N–H and O–H groups in total. The minimum absolute atomic E-state index is 0.303. The number of aryl methyl sites for hydroxylation is 1. The van der Waals surface area contributed by atoms with Crippen LogP contribution in [-0.4, -0.2) is 33.1 Å². The van der Waals surface area contributed by atoms with Crippen LogP contribution in [0.4, 0.5) is 0 Å². The summed E-state index contributed by atoms with van der Waals surface area (Å²) in [7, 11) is 0. The number of carboxylic acids is 1. The molecule has 1 aromatic carbocycles. The smallest absolute Gasteiger partial charge is 0.321 e. The summed E-state index contributed by atoms with van der Waals surface area (Å²) in [5, 5.41) is 16.6. The van der Waals surface area contributed by atoms with E-state index in [1.807, 2.05) is 31.2 Å². The van der Waals surface area contributed by atoms with Crippen LogP contribution < -0.4 is 5.73 Å². The average Bonchev–Trinajstić information content (AvgIpc) is 2.88. The lowest BCUT2D eigenvalue weighted by molar-refractivity contribution is -0.137. The Hall–Kier alpha value is -1.86. The lowest BCUT2D eigenvalue weighted by Crippen LogP contribution is -2.32. The maximum absolute atomic E-state index is 10.6. The zero-order valence-electron chi connectivity index (χ0n) is 10.9. The molecule has 1 aromatic heterocycles. The first-order valence-corrected chi connectivity index (χ1v) is 7.17. The fourth-order valence-electron chi connectivity index (χ4n) is 1.47. The quantitative estimate of drug-likeness (QED) is 0.835. The topological polar surface area (TPSA) is 102 Å². The van der Waals surface area contributed by atoms with Crippen molar-refractivity contribution in [1.29, 1.82) is 0 Å². The highest BCUT2D eigenvalue weighted by molar-refractivity contribution is 7.98. The first kappa shape index (κ1) is 14.5. The third-order valence-corrected chi connectivity index (χ3v) is 3.65. The van der Waals surface area contributed by atoms with Crippen LogP contribution >= 0.6 is 11.8 Å². The molecule has 1 unspecified atom stereocenters. The van der Waals surface area contributed by atoms with Gasteiger partial charge in [0.25, 0.3) is 0 Å². The molecule has 0 radical (unpaired) electrons. The van der Waals surface area contributed by atoms with Crippen molar-refractivity contribution >= 4 is 17.7 Å². The number of aliphatic carboxylic acids is 1. The molecule has 1 heterocycles. The molecule has 2 aromatic rings. The van der Waals surface area contributed by atoms with E-state index in [1.54, 1.807) is 0 Å². The number of nitrogens with two attached hydrogens (primary N) is 1. The lowest BCUT2D eigenvalue weighted by Gasteiger charge is -2.03. The van der Waals surface area contributed by atoms with Gasteiger partial charge >= 0.3 is 5.97 Å². The second kappa shape index (κ2) is 6.53. The minimum atomic E-state index is -1.01. The number of hydrogen-bond donors (Lipinski definition) is 2. The van der Waals surface area contributed by atoms with Gasteiger partial charge in [-0.1, -0.05) is 17.7 Å². The van der Waals surface area contributed by atoms with Crippen molar-refractivity contribution in [2.75, 3.05) is 5.75 Å². The number of benzene rings is 1. The molecule has 2 rings (SSSR count). The molecule has 0 saturated carbocycles. The maximum atomic E-state index is 10.6. The second-order valence-electron chi connectivity index (χ2n) is 4.33. The number of rotatable bonds is 6. The largest absolute Gasteiger partial charge is 0.480 e. The van der Waals surface area contributed by atoms with E-state index in [4.69, 9.17) is 15.3 Å². The van der Waals surface area contributed by atoms with Crippen molar-refractivity contribution in [3.05, 3.63) is 35.7 Å². The molecule has 0 saturated heterocycles. The van der Waals surface area contributed by atoms with Gasteiger partial charge < -0.3 is 15.3 Å². The summed E-state index contributed by atoms with van der Waals surface area (Å²) in [5.74, 6) is 0.659. The Morgan fingerprint density at radius 1 is 1.40 bits per heavy atom. The van der Waals surface area contributed by atoms with Crippen molar-refractivity contribution in [3.63, 3.8) is 0 Å². The number of hydrogen-bond acceptors (Lipinski definition) is 6. The Bertz CT molecular complexity index is 583. The highest BCUT2D eigenvalue weighted by Crippen LogP contribution is 2.20. The molecule has 0 aliphatic carbocycles. The number of thioether (sulfide) groups is 1. The Kier molecular flexibility index (Phi) is 4.75. The van der Waals surface area contributed by atoms with Crippen LogP contribution in [0.3, 0.4) is 0 Å². The van der Waals surface area contributed by atoms with Gasteiger partial charge in [-0.25, -0.2) is 0 Å². The summed E-state index contributed by atoms with van der Waals surface area (Å²) in [6.07, 6.45) is 0. The van der Waals surface area contributed by atoms with Gasteiger partial charge in [0.1, 0.15) is 6.04 Å². The summed E-state index contributed by atoms with van der Waals surface area (Å²) in [6.45, 7) is 2.01. The first-order valence-electron chi connectivity index (χ1n) is 6.02. The van der Waals surface area contributed by atoms with Crippen LogP contribution in [0.5, 0.6) is 0 Å². The van der Waals surface area contributed by atoms with Crippen LogP contribution in [0, 0.1) is 6.92 Å². The number of carbonyl (C=O) groups is 1. The molecular formula is C13H15N3O3S. The van der Waals surface area contributed by atoms with E-state index in [9.17, 15) is 4.79 Å².